The van der Waals surface area contributed by atoms with Gasteiger partial charge in [-0.15, -0.1) is 0 Å². The second-order valence-electron chi connectivity index (χ2n) is 3.07. The molecule has 0 aliphatic heterocycles. The summed E-state index contributed by atoms with van der Waals surface area (Å²) in [6, 6.07) is 4.61. The van der Waals surface area contributed by atoms with Gasteiger partial charge < -0.3 is 4.74 Å². The summed E-state index contributed by atoms with van der Waals surface area (Å²) in [6.07, 6.45) is 1.48. The van der Waals surface area contributed by atoms with Crippen LogP contribution in [-0.2, 0) is 0 Å². The molecule has 82 valence electrons. The van der Waals surface area contributed by atoms with Gasteiger partial charge in [-0.3, -0.25) is 10.1 Å². The number of methoxy groups -OCH3 is 1. The molecule has 5 nitrogen and oxygen atoms in total. The zero-order valence-corrected chi connectivity index (χ0v) is 9.06. The lowest BCUT2D eigenvalue weighted by atomic mass is 10.2. The Morgan fingerprint density at radius 2 is 2.31 bits per heavy atom. The number of nitro groups is 1. The van der Waals surface area contributed by atoms with E-state index in [-0.39, 0.29) is 17.0 Å². The normalized spacial score (nSPS) is 10.4. The summed E-state index contributed by atoms with van der Waals surface area (Å²) in [4.78, 5) is 14.3. The number of non-ortho nitro benzene ring substituents is 1. The molecule has 0 N–H and O–H groups in total. The molecule has 2 aromatic rings. The number of nitrogens with zero attached hydrogens (tertiary/aromatic N) is 2. The van der Waals surface area contributed by atoms with E-state index in [4.69, 9.17) is 16.3 Å². The first-order valence-corrected chi connectivity index (χ1v) is 4.78. The van der Waals surface area contributed by atoms with Crippen molar-refractivity contribution < 1.29 is 9.66 Å². The molecular formula is C10H7ClN2O3. The molecule has 0 spiro atoms. The monoisotopic (exact) mass is 238 g/mol. The molecule has 16 heavy (non-hydrogen) atoms. The van der Waals surface area contributed by atoms with Crippen molar-refractivity contribution in [3.05, 3.63) is 39.5 Å². The van der Waals surface area contributed by atoms with E-state index in [2.05, 4.69) is 4.98 Å². The number of nitro benzene ring substituents is 1. The van der Waals surface area contributed by atoms with Gasteiger partial charge in [-0.05, 0) is 12.1 Å². The highest BCUT2D eigenvalue weighted by Gasteiger charge is 2.19. The summed E-state index contributed by atoms with van der Waals surface area (Å²) in [5, 5.41) is 11.7. The predicted octanol–water partition coefficient (Wildman–Crippen LogP) is 2.81. The predicted molar refractivity (Wildman–Crippen MR) is 60.0 cm³/mol. The molecule has 0 saturated carbocycles. The summed E-state index contributed by atoms with van der Waals surface area (Å²) in [7, 11) is 1.41. The van der Waals surface area contributed by atoms with Crippen LogP contribution >= 0.6 is 11.6 Å². The van der Waals surface area contributed by atoms with E-state index >= 15 is 0 Å². The maximum absolute atomic E-state index is 10.9. The number of aromatic nitrogens is 1. The summed E-state index contributed by atoms with van der Waals surface area (Å²) >= 11 is 6.03. The van der Waals surface area contributed by atoms with Crippen LogP contribution in [0.1, 0.15) is 0 Å². The van der Waals surface area contributed by atoms with Crippen LogP contribution in [0.2, 0.25) is 5.02 Å². The van der Waals surface area contributed by atoms with Crippen molar-refractivity contribution in [2.24, 2.45) is 0 Å². The summed E-state index contributed by atoms with van der Waals surface area (Å²) < 4.78 is 4.98. The first-order chi connectivity index (χ1) is 7.65. The van der Waals surface area contributed by atoms with Crippen LogP contribution in [0.5, 0.6) is 5.75 Å². The molecule has 1 aromatic heterocycles. The van der Waals surface area contributed by atoms with Crippen LogP contribution in [0, 0.1) is 10.1 Å². The Balaban J connectivity index is 2.90. The number of halogens is 1. The molecule has 0 saturated heterocycles. The molecular weight excluding hydrogens is 232 g/mol. The van der Waals surface area contributed by atoms with Crippen molar-refractivity contribution in [1.29, 1.82) is 0 Å². The van der Waals surface area contributed by atoms with Crippen LogP contribution in [0.4, 0.5) is 5.69 Å². The van der Waals surface area contributed by atoms with Crippen LogP contribution in [0.25, 0.3) is 10.9 Å². The van der Waals surface area contributed by atoms with E-state index in [0.29, 0.717) is 10.4 Å². The van der Waals surface area contributed by atoms with Gasteiger partial charge in [0.25, 0.3) is 5.69 Å². The molecule has 0 amide bonds. The van der Waals surface area contributed by atoms with Gasteiger partial charge in [0.1, 0.15) is 11.3 Å². The summed E-state index contributed by atoms with van der Waals surface area (Å²) in [5.41, 5.74) is 0.148. The van der Waals surface area contributed by atoms with Crippen LogP contribution in [-0.4, -0.2) is 17.0 Å². The topological polar surface area (TPSA) is 65.3 Å². The first kappa shape index (κ1) is 10.6. The number of pyridine rings is 1. The van der Waals surface area contributed by atoms with E-state index in [0.717, 1.165) is 0 Å². The fraction of sp³-hybridized carbons (Fsp3) is 0.100. The molecule has 0 aliphatic carbocycles. The average Bonchev–Trinajstić information content (AvgIpc) is 2.29. The van der Waals surface area contributed by atoms with Crippen molar-refractivity contribution in [3.63, 3.8) is 0 Å². The number of hydrogen-bond donors (Lipinski definition) is 0. The second kappa shape index (κ2) is 3.94. The van der Waals surface area contributed by atoms with Crippen LogP contribution in [0.15, 0.2) is 24.4 Å². The van der Waals surface area contributed by atoms with E-state index in [9.17, 15) is 10.1 Å². The minimum atomic E-state index is -0.506. The van der Waals surface area contributed by atoms with Gasteiger partial charge in [-0.1, -0.05) is 11.6 Å². The summed E-state index contributed by atoms with van der Waals surface area (Å²) in [5.74, 6) is 0.272. The van der Waals surface area contributed by atoms with Crippen molar-refractivity contribution in [2.75, 3.05) is 7.11 Å². The minimum Gasteiger partial charge on any atom is -0.495 e. The highest BCUT2D eigenvalue weighted by atomic mass is 35.5. The number of benzene rings is 1. The zero-order chi connectivity index (χ0) is 11.7. The second-order valence-corrected chi connectivity index (χ2v) is 3.45. The third-order valence-electron chi connectivity index (χ3n) is 2.19. The first-order valence-electron chi connectivity index (χ1n) is 4.40. The molecule has 0 unspecified atom stereocenters. The van der Waals surface area contributed by atoms with Gasteiger partial charge in [0.15, 0.2) is 0 Å². The fourth-order valence-electron chi connectivity index (χ4n) is 1.46. The largest absolute Gasteiger partial charge is 0.495 e. The van der Waals surface area contributed by atoms with Gasteiger partial charge in [-0.25, -0.2) is 4.98 Å². The van der Waals surface area contributed by atoms with Crippen LogP contribution < -0.4 is 4.74 Å². The Morgan fingerprint density at radius 1 is 1.56 bits per heavy atom. The van der Waals surface area contributed by atoms with Crippen LogP contribution in [0.3, 0.4) is 0 Å². The maximum atomic E-state index is 10.9. The molecule has 0 atom stereocenters. The zero-order valence-electron chi connectivity index (χ0n) is 8.31. The molecule has 0 fully saturated rings. The lowest BCUT2D eigenvalue weighted by molar-refractivity contribution is -0.383. The Kier molecular flexibility index (Phi) is 2.62. The van der Waals surface area contributed by atoms with Gasteiger partial charge in [0, 0.05) is 11.6 Å². The standard InChI is InChI=1S/C10H7ClN2O3/c1-16-8-5-7(13(14)15)10-6(9(8)11)3-2-4-12-10/h2-5H,1H3. The van der Waals surface area contributed by atoms with Crippen molar-refractivity contribution in [1.82, 2.24) is 4.98 Å². The van der Waals surface area contributed by atoms with E-state index in [1.807, 2.05) is 0 Å². The number of rotatable bonds is 2. The Morgan fingerprint density at radius 3 is 2.94 bits per heavy atom. The molecule has 1 heterocycles. The lowest BCUT2D eigenvalue weighted by Crippen LogP contribution is -1.94. The highest BCUT2D eigenvalue weighted by molar-refractivity contribution is 6.37. The SMILES string of the molecule is COc1cc([N+](=O)[O-])c2ncccc2c1Cl. The maximum Gasteiger partial charge on any atom is 0.299 e. The number of fused-ring (bicyclic) bond motifs is 1. The number of hydrogen-bond acceptors (Lipinski definition) is 4. The molecule has 0 aliphatic rings. The average molecular weight is 239 g/mol. The summed E-state index contributed by atoms with van der Waals surface area (Å²) in [6.45, 7) is 0. The number of ether oxygens (including phenoxy) is 1. The lowest BCUT2D eigenvalue weighted by Gasteiger charge is -2.06. The minimum absolute atomic E-state index is 0.114. The fourth-order valence-corrected chi connectivity index (χ4v) is 1.75. The Bertz CT molecular complexity index is 571. The van der Waals surface area contributed by atoms with Gasteiger partial charge in [0.2, 0.25) is 0 Å². The van der Waals surface area contributed by atoms with E-state index in [1.165, 1.54) is 19.4 Å². The van der Waals surface area contributed by atoms with Crippen molar-refractivity contribution >= 4 is 28.2 Å². The molecule has 1 aromatic carbocycles. The Hall–Kier alpha value is -1.88. The molecule has 0 bridgehead atoms. The molecule has 0 radical (unpaired) electrons. The van der Waals surface area contributed by atoms with Gasteiger partial charge in [-0.2, -0.15) is 0 Å². The van der Waals surface area contributed by atoms with E-state index < -0.39 is 4.92 Å². The van der Waals surface area contributed by atoms with Crippen molar-refractivity contribution in [3.8, 4) is 5.75 Å². The van der Waals surface area contributed by atoms with Gasteiger partial charge in [0.05, 0.1) is 23.1 Å². The van der Waals surface area contributed by atoms with E-state index in [1.54, 1.807) is 12.1 Å². The van der Waals surface area contributed by atoms with Crippen molar-refractivity contribution in [2.45, 2.75) is 0 Å². The quantitative estimate of drug-likeness (QED) is 0.596. The van der Waals surface area contributed by atoms with Gasteiger partial charge >= 0.3 is 0 Å². The third-order valence-corrected chi connectivity index (χ3v) is 2.58. The smallest absolute Gasteiger partial charge is 0.299 e. The Labute approximate surface area is 95.8 Å². The molecule has 2 rings (SSSR count). The highest BCUT2D eigenvalue weighted by Crippen LogP contribution is 2.37. The third kappa shape index (κ3) is 1.55. The molecule has 6 heteroatoms.